The summed E-state index contributed by atoms with van der Waals surface area (Å²) < 4.78 is 16.9. The van der Waals surface area contributed by atoms with Crippen LogP contribution >= 0.6 is 0 Å². The summed E-state index contributed by atoms with van der Waals surface area (Å²) in [7, 11) is 1.00. The molecule has 162 valence electrons. The van der Waals surface area contributed by atoms with Crippen LogP contribution in [-0.2, 0) is 23.8 Å². The van der Waals surface area contributed by atoms with Crippen LogP contribution in [0.4, 0.5) is 0 Å². The van der Waals surface area contributed by atoms with Crippen molar-refractivity contribution in [3.63, 3.8) is 0 Å². The monoisotopic (exact) mass is 412 g/mol. The van der Waals surface area contributed by atoms with E-state index in [1.807, 2.05) is 0 Å². The second kappa shape index (κ2) is 6.01. The summed E-state index contributed by atoms with van der Waals surface area (Å²) in [6.45, 7) is 8.80. The fraction of sp³-hybridized carbons (Fsp3) is 0.800. The van der Waals surface area contributed by atoms with Crippen molar-refractivity contribution >= 4 is 11.9 Å². The molecule has 4 N–H and O–H groups in total. The van der Waals surface area contributed by atoms with Crippen LogP contribution in [0, 0.1) is 23.2 Å². The first kappa shape index (κ1) is 20.7. The van der Waals surface area contributed by atoms with Gasteiger partial charge < -0.3 is 34.6 Å². The molecule has 0 aromatic carbocycles. The largest absolute Gasteiger partial charge is 0.459 e. The Bertz CT molecular complexity index is 780. The normalized spacial score (nSPS) is 54.7. The average molecular weight is 412 g/mol. The van der Waals surface area contributed by atoms with E-state index in [0.29, 0.717) is 5.57 Å². The lowest BCUT2D eigenvalue weighted by molar-refractivity contribution is -0.272. The molecule has 5 rings (SSSR count). The van der Waals surface area contributed by atoms with Crippen LogP contribution < -0.4 is 0 Å². The molecule has 3 saturated heterocycles. The Hall–Kier alpha value is -1.52. The van der Waals surface area contributed by atoms with Gasteiger partial charge in [-0.15, -0.1) is 0 Å². The fourth-order valence-electron chi connectivity index (χ4n) is 6.51. The van der Waals surface area contributed by atoms with E-state index >= 15 is 0 Å². The lowest BCUT2D eigenvalue weighted by Gasteiger charge is -2.57. The van der Waals surface area contributed by atoms with Gasteiger partial charge in [0.25, 0.3) is 0 Å². The standard InChI is InChI=1S/C19H24O8.CH4O/c1-6(2)9-10-16(23)25-11(9)12(21)17(4)18(13-14(26-13)19(10,17)24)5-8(7(3)20)15(22)27-18;1-2/h7-14,20-21,24H,1,5H2,2-4H3;2H,1H3/t7-,8-,9-,10+,11+,12+,13+,14-,17-,18+,19-;/m0./s1. The summed E-state index contributed by atoms with van der Waals surface area (Å²) in [5.41, 5.74) is -3.83. The number of hydrogen-bond donors (Lipinski definition) is 4. The SMILES string of the molecule is C=C(C)[C@@H]1[C@H]2OC(=O)[C@@H]1[C@]1(O)[C@H]3O[C@H]3[C@]3(C[C@@H]([C@H](C)O)C(=O)O3)[C@]1(C)[C@@H]2O.CO. The molecule has 1 spiro atoms. The van der Waals surface area contributed by atoms with Crippen LogP contribution in [0.25, 0.3) is 0 Å². The number of epoxide rings is 1. The molecule has 0 amide bonds. The highest BCUT2D eigenvalue weighted by Gasteiger charge is 2.93. The lowest BCUT2D eigenvalue weighted by atomic mass is 9.50. The van der Waals surface area contributed by atoms with Crippen molar-refractivity contribution in [2.45, 2.75) is 68.9 Å². The molecule has 5 fully saturated rings. The van der Waals surface area contributed by atoms with Gasteiger partial charge in [-0.2, -0.15) is 0 Å². The molecule has 0 aromatic rings. The highest BCUT2D eigenvalue weighted by Crippen LogP contribution is 2.75. The number of aliphatic hydroxyl groups is 4. The van der Waals surface area contributed by atoms with Gasteiger partial charge in [0.1, 0.15) is 30.0 Å². The number of aliphatic hydroxyl groups excluding tert-OH is 3. The van der Waals surface area contributed by atoms with Gasteiger partial charge in [0.15, 0.2) is 5.60 Å². The summed E-state index contributed by atoms with van der Waals surface area (Å²) >= 11 is 0. The van der Waals surface area contributed by atoms with E-state index in [4.69, 9.17) is 19.3 Å². The van der Waals surface area contributed by atoms with Gasteiger partial charge in [0, 0.05) is 19.4 Å². The molecule has 0 radical (unpaired) electrons. The maximum absolute atomic E-state index is 12.7. The Morgan fingerprint density at radius 2 is 1.86 bits per heavy atom. The molecular weight excluding hydrogens is 384 g/mol. The lowest BCUT2D eigenvalue weighted by Crippen LogP contribution is -2.72. The minimum absolute atomic E-state index is 0.103. The summed E-state index contributed by atoms with van der Waals surface area (Å²) in [6.07, 6.45) is -4.37. The molecular formula is C20H28O9. The van der Waals surface area contributed by atoms with E-state index in [0.717, 1.165) is 7.11 Å². The van der Waals surface area contributed by atoms with Gasteiger partial charge in [0.05, 0.1) is 23.4 Å². The number of hydrogen-bond acceptors (Lipinski definition) is 9. The molecule has 29 heavy (non-hydrogen) atoms. The molecule has 11 atom stereocenters. The van der Waals surface area contributed by atoms with Gasteiger partial charge in [-0.05, 0) is 13.8 Å². The number of fused-ring (bicyclic) bond motifs is 8. The molecule has 0 unspecified atom stereocenters. The van der Waals surface area contributed by atoms with Crippen molar-refractivity contribution in [1.29, 1.82) is 0 Å². The van der Waals surface area contributed by atoms with E-state index in [1.165, 1.54) is 6.92 Å². The second-order valence-electron chi connectivity index (χ2n) is 9.06. The summed E-state index contributed by atoms with van der Waals surface area (Å²) in [5, 5.41) is 40.2. The Morgan fingerprint density at radius 1 is 1.24 bits per heavy atom. The highest BCUT2D eigenvalue weighted by molar-refractivity contribution is 5.81. The number of carbonyl (C=O) groups excluding carboxylic acids is 2. The van der Waals surface area contributed by atoms with Crippen molar-refractivity contribution in [1.82, 2.24) is 0 Å². The zero-order chi connectivity index (χ0) is 21.7. The average Bonchev–Trinajstić information content (AvgIpc) is 3.26. The molecule has 2 bridgehead atoms. The predicted molar refractivity (Wildman–Crippen MR) is 96.2 cm³/mol. The zero-order valence-electron chi connectivity index (χ0n) is 16.9. The van der Waals surface area contributed by atoms with E-state index < -0.39 is 76.8 Å². The van der Waals surface area contributed by atoms with Crippen LogP contribution in [0.1, 0.15) is 27.2 Å². The van der Waals surface area contributed by atoms with E-state index in [-0.39, 0.29) is 6.42 Å². The third kappa shape index (κ3) is 2.03. The number of rotatable bonds is 2. The molecule has 2 aliphatic carbocycles. The fourth-order valence-corrected chi connectivity index (χ4v) is 6.51. The molecule has 0 aromatic heterocycles. The Labute approximate surface area is 168 Å². The summed E-state index contributed by atoms with van der Waals surface area (Å²) in [5.74, 6) is -3.46. The molecule has 9 heteroatoms. The van der Waals surface area contributed by atoms with Crippen LogP contribution in [0.2, 0.25) is 0 Å². The Balaban J connectivity index is 0.000000994. The Morgan fingerprint density at radius 3 is 2.38 bits per heavy atom. The Kier molecular flexibility index (Phi) is 4.30. The molecule has 5 aliphatic rings. The molecule has 3 heterocycles. The van der Waals surface area contributed by atoms with Crippen molar-refractivity contribution < 1.29 is 44.2 Å². The highest BCUT2D eigenvalue weighted by atomic mass is 16.7. The topological polar surface area (TPSA) is 146 Å². The van der Waals surface area contributed by atoms with Gasteiger partial charge >= 0.3 is 11.9 Å². The van der Waals surface area contributed by atoms with Crippen molar-refractivity contribution in [2.24, 2.45) is 23.2 Å². The molecule has 3 aliphatic heterocycles. The first-order chi connectivity index (χ1) is 13.5. The maximum Gasteiger partial charge on any atom is 0.313 e. The van der Waals surface area contributed by atoms with Crippen LogP contribution in [0.3, 0.4) is 0 Å². The van der Waals surface area contributed by atoms with Crippen LogP contribution in [-0.4, -0.2) is 81.2 Å². The number of ether oxygens (including phenoxy) is 3. The van der Waals surface area contributed by atoms with Crippen molar-refractivity contribution in [2.75, 3.05) is 7.11 Å². The van der Waals surface area contributed by atoms with Gasteiger partial charge in [0.2, 0.25) is 0 Å². The van der Waals surface area contributed by atoms with Crippen LogP contribution in [0.15, 0.2) is 12.2 Å². The smallest absolute Gasteiger partial charge is 0.313 e. The minimum atomic E-state index is -1.77. The second-order valence-corrected chi connectivity index (χ2v) is 9.06. The van der Waals surface area contributed by atoms with E-state index in [1.54, 1.807) is 13.8 Å². The van der Waals surface area contributed by atoms with Crippen molar-refractivity contribution in [3.05, 3.63) is 12.2 Å². The minimum Gasteiger partial charge on any atom is -0.459 e. The van der Waals surface area contributed by atoms with Gasteiger partial charge in [-0.25, -0.2) is 0 Å². The molecule has 2 saturated carbocycles. The van der Waals surface area contributed by atoms with E-state index in [2.05, 4.69) is 6.58 Å². The third-order valence-corrected chi connectivity index (χ3v) is 7.95. The molecule has 9 nitrogen and oxygen atoms in total. The first-order valence-electron chi connectivity index (χ1n) is 9.80. The number of esters is 2. The third-order valence-electron chi connectivity index (χ3n) is 7.95. The van der Waals surface area contributed by atoms with E-state index in [9.17, 15) is 24.9 Å². The summed E-state index contributed by atoms with van der Waals surface area (Å²) in [4.78, 5) is 25.1. The summed E-state index contributed by atoms with van der Waals surface area (Å²) in [6, 6.07) is 0. The van der Waals surface area contributed by atoms with Crippen LogP contribution in [0.5, 0.6) is 0 Å². The predicted octanol–water partition coefficient (Wildman–Crippen LogP) is -1.10. The maximum atomic E-state index is 12.7. The number of carbonyl (C=O) groups is 2. The first-order valence-corrected chi connectivity index (χ1v) is 9.80. The van der Waals surface area contributed by atoms with Crippen molar-refractivity contribution in [3.8, 4) is 0 Å². The quantitative estimate of drug-likeness (QED) is 0.252. The zero-order valence-corrected chi connectivity index (χ0v) is 16.9. The van der Waals surface area contributed by atoms with Gasteiger partial charge in [-0.3, -0.25) is 9.59 Å². The van der Waals surface area contributed by atoms with Gasteiger partial charge in [-0.1, -0.05) is 19.1 Å².